The minimum Gasteiger partial charge on any atom is -0.324 e. The largest absolute Gasteiger partial charge is 0.324 e. The summed E-state index contributed by atoms with van der Waals surface area (Å²) in [6.07, 6.45) is 1.35. The Morgan fingerprint density at radius 1 is 1.00 bits per heavy atom. The number of nitrogens with zero attached hydrogens (tertiary/aromatic N) is 5. The van der Waals surface area contributed by atoms with Crippen molar-refractivity contribution in [3.8, 4) is 5.69 Å². The Balaban J connectivity index is 1.62. The molecule has 2 heterocycles. The first-order valence-electron chi connectivity index (χ1n) is 9.59. The van der Waals surface area contributed by atoms with E-state index in [1.54, 1.807) is 0 Å². The highest BCUT2D eigenvalue weighted by atomic mass is 16.2. The van der Waals surface area contributed by atoms with Gasteiger partial charge in [0.1, 0.15) is 12.9 Å². The van der Waals surface area contributed by atoms with Crippen LogP contribution in [0.4, 0.5) is 5.69 Å². The van der Waals surface area contributed by atoms with Crippen molar-refractivity contribution in [2.24, 2.45) is 0 Å². The molecule has 2 aromatic heterocycles. The molecule has 4 aromatic rings. The third-order valence-electron chi connectivity index (χ3n) is 5.13. The van der Waals surface area contributed by atoms with Gasteiger partial charge in [0.15, 0.2) is 11.2 Å². The predicted molar refractivity (Wildman–Crippen MR) is 115 cm³/mol. The Kier molecular flexibility index (Phi) is 4.91. The lowest BCUT2D eigenvalue weighted by atomic mass is 10.1. The Morgan fingerprint density at radius 2 is 1.80 bits per heavy atom. The van der Waals surface area contributed by atoms with E-state index in [0.29, 0.717) is 11.3 Å². The first kappa shape index (κ1) is 19.5. The average molecular weight is 402 g/mol. The zero-order valence-corrected chi connectivity index (χ0v) is 17.3. The van der Waals surface area contributed by atoms with E-state index in [2.05, 4.69) is 20.6 Å². The van der Waals surface area contributed by atoms with E-state index in [1.807, 2.05) is 64.1 Å². The summed E-state index contributed by atoms with van der Waals surface area (Å²) in [5.41, 5.74) is 5.89. The number of aryl methyl sites for hydroxylation is 4. The van der Waals surface area contributed by atoms with Crippen LogP contribution in [-0.2, 0) is 11.3 Å². The number of carbonyl (C=O) groups is 1. The molecule has 2 aromatic carbocycles. The Morgan fingerprint density at radius 3 is 2.53 bits per heavy atom. The van der Waals surface area contributed by atoms with E-state index in [4.69, 9.17) is 0 Å². The van der Waals surface area contributed by atoms with Crippen LogP contribution in [0.2, 0.25) is 0 Å². The Hall–Kier alpha value is -3.81. The van der Waals surface area contributed by atoms with Gasteiger partial charge in [-0.25, -0.2) is 4.98 Å². The van der Waals surface area contributed by atoms with Crippen LogP contribution >= 0.6 is 0 Å². The molecule has 0 spiro atoms. The fraction of sp³-hybridized carbons (Fsp3) is 0.227. The quantitative estimate of drug-likeness (QED) is 0.566. The van der Waals surface area contributed by atoms with Crippen LogP contribution in [0.1, 0.15) is 22.3 Å². The van der Waals surface area contributed by atoms with E-state index in [9.17, 15) is 9.59 Å². The summed E-state index contributed by atoms with van der Waals surface area (Å²) in [6.45, 7) is 7.79. The zero-order valence-electron chi connectivity index (χ0n) is 17.3. The molecular weight excluding hydrogens is 380 g/mol. The van der Waals surface area contributed by atoms with Crippen molar-refractivity contribution in [1.29, 1.82) is 0 Å². The molecule has 8 heteroatoms. The summed E-state index contributed by atoms with van der Waals surface area (Å²) in [4.78, 5) is 29.6. The number of hydrogen-bond acceptors (Lipinski definition) is 5. The molecule has 0 fully saturated rings. The van der Waals surface area contributed by atoms with E-state index in [-0.39, 0.29) is 18.0 Å². The monoisotopic (exact) mass is 402 g/mol. The summed E-state index contributed by atoms with van der Waals surface area (Å²) in [5.74, 6) is -0.313. The number of carbonyl (C=O) groups excluding carboxylic acids is 1. The lowest BCUT2D eigenvalue weighted by molar-refractivity contribution is -0.116. The zero-order chi connectivity index (χ0) is 21.4. The number of rotatable bonds is 4. The van der Waals surface area contributed by atoms with Crippen molar-refractivity contribution in [1.82, 2.24) is 24.5 Å². The third kappa shape index (κ3) is 3.59. The minimum atomic E-state index is -0.411. The van der Waals surface area contributed by atoms with Gasteiger partial charge in [-0.05, 0) is 62.6 Å². The van der Waals surface area contributed by atoms with E-state index < -0.39 is 5.56 Å². The van der Waals surface area contributed by atoms with Crippen molar-refractivity contribution >= 4 is 22.8 Å². The van der Waals surface area contributed by atoms with Gasteiger partial charge in [0.05, 0.1) is 5.69 Å². The molecule has 0 unspecified atom stereocenters. The molecule has 0 radical (unpaired) electrons. The van der Waals surface area contributed by atoms with Gasteiger partial charge in [-0.3, -0.25) is 14.2 Å². The lowest BCUT2D eigenvalue weighted by Crippen LogP contribution is -2.28. The summed E-state index contributed by atoms with van der Waals surface area (Å²) in [7, 11) is 0. The molecule has 0 aliphatic rings. The van der Waals surface area contributed by atoms with E-state index >= 15 is 0 Å². The van der Waals surface area contributed by atoms with Gasteiger partial charge >= 0.3 is 0 Å². The molecule has 4 rings (SSSR count). The molecule has 0 saturated carbocycles. The maximum absolute atomic E-state index is 12.8. The lowest BCUT2D eigenvalue weighted by Gasteiger charge is -2.10. The number of benzene rings is 2. The summed E-state index contributed by atoms with van der Waals surface area (Å²) < 4.78 is 2.77. The second kappa shape index (κ2) is 7.55. The Labute approximate surface area is 173 Å². The molecule has 30 heavy (non-hydrogen) atoms. The number of nitrogens with one attached hydrogen (secondary N) is 1. The van der Waals surface area contributed by atoms with Crippen LogP contribution < -0.4 is 10.9 Å². The standard InChI is InChI=1S/C22H22N6O2/c1-13-5-8-18(16(4)9-13)24-19(29)11-27-12-23-21-20(22(27)30)25-26-28(21)17-7-6-14(2)15(3)10-17/h5-10,12H,11H2,1-4H3,(H,24,29). The average Bonchev–Trinajstić information content (AvgIpc) is 3.13. The Bertz CT molecular complexity index is 1340. The van der Waals surface area contributed by atoms with Crippen LogP contribution in [0, 0.1) is 27.7 Å². The van der Waals surface area contributed by atoms with Gasteiger partial charge in [0.2, 0.25) is 5.91 Å². The molecule has 0 aliphatic carbocycles. The highest BCUT2D eigenvalue weighted by Crippen LogP contribution is 2.17. The van der Waals surface area contributed by atoms with Crippen LogP contribution in [0.5, 0.6) is 0 Å². The van der Waals surface area contributed by atoms with Crippen molar-refractivity contribution in [3.63, 3.8) is 0 Å². The molecule has 152 valence electrons. The van der Waals surface area contributed by atoms with Crippen molar-refractivity contribution in [3.05, 3.63) is 75.3 Å². The van der Waals surface area contributed by atoms with Gasteiger partial charge < -0.3 is 5.32 Å². The summed E-state index contributed by atoms with van der Waals surface area (Å²) >= 11 is 0. The topological polar surface area (TPSA) is 94.7 Å². The maximum Gasteiger partial charge on any atom is 0.284 e. The second-order valence-corrected chi connectivity index (χ2v) is 7.49. The van der Waals surface area contributed by atoms with Crippen LogP contribution in [-0.4, -0.2) is 30.5 Å². The number of anilines is 1. The first-order valence-corrected chi connectivity index (χ1v) is 9.59. The van der Waals surface area contributed by atoms with Gasteiger partial charge in [0, 0.05) is 5.69 Å². The molecule has 1 amide bonds. The van der Waals surface area contributed by atoms with Crippen LogP contribution in [0.3, 0.4) is 0 Å². The molecule has 8 nitrogen and oxygen atoms in total. The SMILES string of the molecule is Cc1ccc(NC(=O)Cn2cnc3c(nnn3-c3ccc(C)c(C)c3)c2=O)c(C)c1. The molecule has 0 atom stereocenters. The van der Waals surface area contributed by atoms with Crippen molar-refractivity contribution in [2.75, 3.05) is 5.32 Å². The summed E-state index contributed by atoms with van der Waals surface area (Å²) in [6, 6.07) is 11.6. The first-order chi connectivity index (χ1) is 14.3. The van der Waals surface area contributed by atoms with Gasteiger partial charge in [0.25, 0.3) is 5.56 Å². The highest BCUT2D eigenvalue weighted by Gasteiger charge is 2.15. The van der Waals surface area contributed by atoms with E-state index in [1.165, 1.54) is 15.6 Å². The fourth-order valence-electron chi connectivity index (χ4n) is 3.29. The van der Waals surface area contributed by atoms with Gasteiger partial charge in [-0.1, -0.05) is 29.0 Å². The molecule has 0 aliphatic heterocycles. The fourth-order valence-corrected chi connectivity index (χ4v) is 3.29. The number of amides is 1. The molecular formula is C22H22N6O2. The third-order valence-corrected chi connectivity index (χ3v) is 5.13. The maximum atomic E-state index is 12.8. The molecule has 1 N–H and O–H groups in total. The second-order valence-electron chi connectivity index (χ2n) is 7.49. The smallest absolute Gasteiger partial charge is 0.284 e. The number of hydrogen-bond donors (Lipinski definition) is 1. The van der Waals surface area contributed by atoms with E-state index in [0.717, 1.165) is 27.9 Å². The van der Waals surface area contributed by atoms with Crippen molar-refractivity contribution in [2.45, 2.75) is 34.2 Å². The van der Waals surface area contributed by atoms with Gasteiger partial charge in [-0.15, -0.1) is 5.10 Å². The van der Waals surface area contributed by atoms with Crippen molar-refractivity contribution < 1.29 is 4.79 Å². The molecule has 0 saturated heterocycles. The molecule has 0 bridgehead atoms. The van der Waals surface area contributed by atoms with Gasteiger partial charge in [-0.2, -0.15) is 4.68 Å². The van der Waals surface area contributed by atoms with Crippen LogP contribution in [0.25, 0.3) is 16.9 Å². The highest BCUT2D eigenvalue weighted by molar-refractivity contribution is 5.91. The predicted octanol–water partition coefficient (Wildman–Crippen LogP) is 2.85. The minimum absolute atomic E-state index is 0.120. The number of aromatic nitrogens is 5. The normalized spacial score (nSPS) is 11.1. The summed E-state index contributed by atoms with van der Waals surface area (Å²) in [5, 5.41) is 10.9. The number of fused-ring (bicyclic) bond motifs is 1. The van der Waals surface area contributed by atoms with Crippen LogP contribution in [0.15, 0.2) is 47.5 Å².